The molecule has 0 unspecified atom stereocenters. The largest absolute Gasteiger partial charge is 0.495 e. The lowest BCUT2D eigenvalue weighted by molar-refractivity contribution is -0.121. The molecule has 12 heteroatoms. The van der Waals surface area contributed by atoms with Crippen molar-refractivity contribution in [1.29, 1.82) is 0 Å². The van der Waals surface area contributed by atoms with E-state index in [1.54, 1.807) is 32.4 Å². The standard InChI is InChI=1S/C28H29N3O8S/c1-37-23-11-9-19(17-22(23)31-26(32)12-13-27(31)33)40(35,36)30-21-7-5-4-6-20(21)28(34)29-15-14-18-8-10-24(38-2)25(16-18)39-3/h4-11,16-17,30H,12-15H2,1-3H3,(H,29,34). The maximum Gasteiger partial charge on any atom is 0.261 e. The fourth-order valence-electron chi connectivity index (χ4n) is 4.28. The van der Waals surface area contributed by atoms with Crippen LogP contribution in [-0.4, -0.2) is 54.0 Å². The highest BCUT2D eigenvalue weighted by molar-refractivity contribution is 7.92. The van der Waals surface area contributed by atoms with E-state index in [4.69, 9.17) is 14.2 Å². The number of carbonyl (C=O) groups is 3. The summed E-state index contributed by atoms with van der Waals surface area (Å²) in [6, 6.07) is 15.5. The van der Waals surface area contributed by atoms with Crippen LogP contribution in [0.1, 0.15) is 28.8 Å². The van der Waals surface area contributed by atoms with Crippen LogP contribution in [0.3, 0.4) is 0 Å². The summed E-state index contributed by atoms with van der Waals surface area (Å²) >= 11 is 0. The lowest BCUT2D eigenvalue weighted by Gasteiger charge is -2.19. The van der Waals surface area contributed by atoms with Crippen LogP contribution in [0.2, 0.25) is 0 Å². The van der Waals surface area contributed by atoms with E-state index >= 15 is 0 Å². The SMILES string of the molecule is COc1ccc(CCNC(=O)c2ccccc2NS(=O)(=O)c2ccc(OC)c(N3C(=O)CCC3=O)c2)cc1OC. The minimum atomic E-state index is -4.22. The quantitative estimate of drug-likeness (QED) is 0.337. The molecule has 2 N–H and O–H groups in total. The molecule has 3 aromatic rings. The molecule has 1 heterocycles. The number of anilines is 2. The summed E-state index contributed by atoms with van der Waals surface area (Å²) < 4.78 is 44.9. The first-order chi connectivity index (χ1) is 19.2. The van der Waals surface area contributed by atoms with Crippen LogP contribution in [0, 0.1) is 0 Å². The molecule has 0 atom stereocenters. The Labute approximate surface area is 232 Å². The molecule has 0 radical (unpaired) electrons. The number of sulfonamides is 1. The number of para-hydroxylation sites is 1. The third-order valence-electron chi connectivity index (χ3n) is 6.32. The van der Waals surface area contributed by atoms with Gasteiger partial charge >= 0.3 is 0 Å². The third kappa shape index (κ3) is 6.01. The van der Waals surface area contributed by atoms with Gasteiger partial charge in [-0.15, -0.1) is 0 Å². The van der Waals surface area contributed by atoms with E-state index in [1.807, 2.05) is 12.1 Å². The highest BCUT2D eigenvalue weighted by Crippen LogP contribution is 2.35. The van der Waals surface area contributed by atoms with Crippen LogP contribution in [0.15, 0.2) is 65.6 Å². The van der Waals surface area contributed by atoms with Gasteiger partial charge in [-0.1, -0.05) is 18.2 Å². The molecule has 0 bridgehead atoms. The molecule has 3 amide bonds. The Morgan fingerprint density at radius 2 is 1.50 bits per heavy atom. The van der Waals surface area contributed by atoms with Crippen molar-refractivity contribution < 1.29 is 37.0 Å². The van der Waals surface area contributed by atoms with E-state index in [1.165, 1.54) is 37.4 Å². The number of rotatable bonds is 11. The number of carbonyl (C=O) groups excluding carboxylic acids is 3. The molecule has 0 spiro atoms. The summed E-state index contributed by atoms with van der Waals surface area (Å²) in [5.74, 6) is -0.00795. The van der Waals surface area contributed by atoms with Crippen LogP contribution in [0.5, 0.6) is 17.2 Å². The monoisotopic (exact) mass is 567 g/mol. The molecule has 210 valence electrons. The van der Waals surface area contributed by atoms with Crippen molar-refractivity contribution in [3.8, 4) is 17.2 Å². The van der Waals surface area contributed by atoms with Crippen molar-refractivity contribution in [2.75, 3.05) is 37.5 Å². The van der Waals surface area contributed by atoms with E-state index in [0.29, 0.717) is 17.9 Å². The van der Waals surface area contributed by atoms with E-state index in [0.717, 1.165) is 10.5 Å². The van der Waals surface area contributed by atoms with Gasteiger partial charge in [0.25, 0.3) is 15.9 Å². The van der Waals surface area contributed by atoms with Crippen molar-refractivity contribution in [3.63, 3.8) is 0 Å². The van der Waals surface area contributed by atoms with Gasteiger partial charge in [0, 0.05) is 19.4 Å². The Kier molecular flexibility index (Phi) is 8.58. The van der Waals surface area contributed by atoms with Gasteiger partial charge in [0.1, 0.15) is 5.75 Å². The topological polar surface area (TPSA) is 140 Å². The molecule has 4 rings (SSSR count). The molecular weight excluding hydrogens is 538 g/mol. The van der Waals surface area contributed by atoms with Crippen molar-refractivity contribution in [1.82, 2.24) is 5.32 Å². The second kappa shape index (κ2) is 12.1. The molecule has 0 aromatic heterocycles. The summed E-state index contributed by atoms with van der Waals surface area (Å²) in [5, 5.41) is 2.81. The van der Waals surface area contributed by atoms with Gasteiger partial charge in [-0.2, -0.15) is 0 Å². The number of ether oxygens (including phenoxy) is 3. The second-order valence-corrected chi connectivity index (χ2v) is 10.5. The zero-order valence-corrected chi connectivity index (χ0v) is 23.0. The Morgan fingerprint density at radius 3 is 2.17 bits per heavy atom. The smallest absolute Gasteiger partial charge is 0.261 e. The van der Waals surface area contributed by atoms with Crippen LogP contribution in [-0.2, 0) is 26.0 Å². The molecule has 1 fully saturated rings. The average molecular weight is 568 g/mol. The Morgan fingerprint density at radius 1 is 0.850 bits per heavy atom. The number of nitrogens with zero attached hydrogens (tertiary/aromatic N) is 1. The van der Waals surface area contributed by atoms with Gasteiger partial charge in [0.2, 0.25) is 11.8 Å². The normalized spacial score (nSPS) is 13.2. The molecule has 1 aliphatic heterocycles. The van der Waals surface area contributed by atoms with E-state index < -0.39 is 27.7 Å². The molecule has 1 aliphatic rings. The number of hydrogen-bond donors (Lipinski definition) is 2. The Hall–Kier alpha value is -4.58. The molecular formula is C28H29N3O8S. The molecule has 0 saturated carbocycles. The molecule has 40 heavy (non-hydrogen) atoms. The fourth-order valence-corrected chi connectivity index (χ4v) is 5.38. The lowest BCUT2D eigenvalue weighted by atomic mass is 10.1. The molecule has 11 nitrogen and oxygen atoms in total. The van der Waals surface area contributed by atoms with Crippen LogP contribution >= 0.6 is 0 Å². The summed E-state index contributed by atoms with van der Waals surface area (Å²) in [7, 11) is 0.227. The first kappa shape index (κ1) is 28.4. The minimum Gasteiger partial charge on any atom is -0.495 e. The van der Waals surface area contributed by atoms with Crippen molar-refractivity contribution >= 4 is 39.1 Å². The Bertz CT molecular complexity index is 1540. The molecule has 3 aromatic carbocycles. The summed E-state index contributed by atoms with van der Waals surface area (Å²) in [4.78, 5) is 38.3. The zero-order chi connectivity index (χ0) is 28.9. The maximum absolute atomic E-state index is 13.3. The Balaban J connectivity index is 1.51. The van der Waals surface area contributed by atoms with Gasteiger partial charge in [0.15, 0.2) is 11.5 Å². The van der Waals surface area contributed by atoms with Gasteiger partial charge in [-0.3, -0.25) is 19.1 Å². The molecule has 1 saturated heterocycles. The maximum atomic E-state index is 13.3. The van der Waals surface area contributed by atoms with Gasteiger partial charge in [0.05, 0.1) is 43.2 Å². The first-order valence-electron chi connectivity index (χ1n) is 12.3. The highest BCUT2D eigenvalue weighted by atomic mass is 32.2. The number of methoxy groups -OCH3 is 3. The van der Waals surface area contributed by atoms with Gasteiger partial charge in [-0.25, -0.2) is 13.3 Å². The van der Waals surface area contributed by atoms with Gasteiger partial charge < -0.3 is 19.5 Å². The second-order valence-electron chi connectivity index (χ2n) is 8.80. The van der Waals surface area contributed by atoms with Crippen molar-refractivity contribution in [2.24, 2.45) is 0 Å². The highest BCUT2D eigenvalue weighted by Gasteiger charge is 2.33. The number of benzene rings is 3. The van der Waals surface area contributed by atoms with Crippen LogP contribution < -0.4 is 29.1 Å². The number of hydrogen-bond acceptors (Lipinski definition) is 8. The number of nitrogens with one attached hydrogen (secondary N) is 2. The fraction of sp³-hybridized carbons (Fsp3) is 0.250. The van der Waals surface area contributed by atoms with Crippen molar-refractivity contribution in [3.05, 3.63) is 71.8 Å². The number of amides is 3. The predicted octanol–water partition coefficient (Wildman–Crippen LogP) is 3.14. The van der Waals surface area contributed by atoms with E-state index in [-0.39, 0.29) is 47.0 Å². The third-order valence-corrected chi connectivity index (χ3v) is 7.68. The van der Waals surface area contributed by atoms with E-state index in [9.17, 15) is 22.8 Å². The average Bonchev–Trinajstić information content (AvgIpc) is 3.29. The van der Waals surface area contributed by atoms with Crippen molar-refractivity contribution in [2.45, 2.75) is 24.2 Å². The predicted molar refractivity (Wildman–Crippen MR) is 148 cm³/mol. The minimum absolute atomic E-state index is 0.0334. The van der Waals surface area contributed by atoms with Crippen LogP contribution in [0.4, 0.5) is 11.4 Å². The lowest BCUT2D eigenvalue weighted by Crippen LogP contribution is -2.29. The summed E-state index contributed by atoms with van der Waals surface area (Å²) in [5.41, 5.74) is 1.14. The zero-order valence-electron chi connectivity index (χ0n) is 22.2. The van der Waals surface area contributed by atoms with Gasteiger partial charge in [-0.05, 0) is 54.4 Å². The molecule has 0 aliphatic carbocycles. The number of imide groups is 1. The first-order valence-corrected chi connectivity index (χ1v) is 13.8. The summed E-state index contributed by atoms with van der Waals surface area (Å²) in [6.07, 6.45) is 0.569. The summed E-state index contributed by atoms with van der Waals surface area (Å²) in [6.45, 7) is 0.287. The van der Waals surface area contributed by atoms with E-state index in [2.05, 4.69) is 10.0 Å². The van der Waals surface area contributed by atoms with Crippen LogP contribution in [0.25, 0.3) is 0 Å².